The molecule has 0 atom stereocenters. The maximum absolute atomic E-state index is 9.89. The summed E-state index contributed by atoms with van der Waals surface area (Å²) in [5, 5.41) is 0.613. The van der Waals surface area contributed by atoms with E-state index in [4.69, 9.17) is 16.3 Å². The quantitative estimate of drug-likeness (QED) is 0.450. The van der Waals surface area contributed by atoms with E-state index in [1.807, 2.05) is 19.1 Å². The van der Waals surface area contributed by atoms with Gasteiger partial charge < -0.3 is 4.74 Å². The Morgan fingerprint density at radius 1 is 1.50 bits per heavy atom. The first-order valence-electron chi connectivity index (χ1n) is 5.05. The van der Waals surface area contributed by atoms with Crippen molar-refractivity contribution in [3.05, 3.63) is 28.3 Å². The molecule has 4 heteroatoms. The van der Waals surface area contributed by atoms with Crippen LogP contribution in [0.4, 0.5) is 0 Å². The van der Waals surface area contributed by atoms with Crippen molar-refractivity contribution in [2.45, 2.75) is 19.8 Å². The molecule has 0 aliphatic rings. The Bertz CT molecular complexity index is 412. The van der Waals surface area contributed by atoms with Crippen molar-refractivity contribution in [2.24, 2.45) is 4.99 Å². The van der Waals surface area contributed by atoms with Gasteiger partial charge in [-0.05, 0) is 43.0 Å². The smallest absolute Gasteiger partial charge is 0.234 e. The van der Waals surface area contributed by atoms with Crippen LogP contribution in [0.2, 0.25) is 5.02 Å². The molecule has 0 saturated carbocycles. The van der Waals surface area contributed by atoms with Crippen LogP contribution in [0.25, 0.3) is 0 Å². The topological polar surface area (TPSA) is 38.7 Å². The molecule has 0 aliphatic carbocycles. The van der Waals surface area contributed by atoms with E-state index in [0.29, 0.717) is 17.3 Å². The molecule has 0 fully saturated rings. The third-order valence-corrected chi connectivity index (χ3v) is 2.69. The van der Waals surface area contributed by atoms with Gasteiger partial charge in [-0.25, -0.2) is 9.79 Å². The van der Waals surface area contributed by atoms with Crippen LogP contribution in [-0.2, 0) is 11.2 Å². The number of carbonyl (C=O) groups excluding carboxylic acids is 1. The molecule has 0 aromatic heterocycles. The molecule has 0 aliphatic heterocycles. The summed E-state index contributed by atoms with van der Waals surface area (Å²) in [4.78, 5) is 13.4. The number of aryl methyl sites for hydroxylation is 2. The highest BCUT2D eigenvalue weighted by Gasteiger charge is 2.05. The predicted molar refractivity (Wildman–Crippen MR) is 64.1 cm³/mol. The summed E-state index contributed by atoms with van der Waals surface area (Å²) in [6.45, 7) is 2.52. The Balaban J connectivity index is 2.73. The van der Waals surface area contributed by atoms with Crippen molar-refractivity contribution in [2.75, 3.05) is 13.7 Å². The minimum Gasteiger partial charge on any atom is -0.495 e. The first-order chi connectivity index (χ1) is 7.69. The van der Waals surface area contributed by atoms with E-state index >= 15 is 0 Å². The first-order valence-corrected chi connectivity index (χ1v) is 5.43. The normalized spacial score (nSPS) is 9.69. The molecule has 0 spiro atoms. The third-order valence-electron chi connectivity index (χ3n) is 2.39. The van der Waals surface area contributed by atoms with Gasteiger partial charge >= 0.3 is 0 Å². The summed E-state index contributed by atoms with van der Waals surface area (Å²) in [5.41, 5.74) is 2.29. The molecule has 86 valence electrons. The largest absolute Gasteiger partial charge is 0.495 e. The molecule has 0 heterocycles. The number of nitrogens with zero attached hydrogens (tertiary/aromatic N) is 1. The second kappa shape index (κ2) is 6.31. The third kappa shape index (κ3) is 3.37. The maximum atomic E-state index is 9.89. The van der Waals surface area contributed by atoms with Gasteiger partial charge in [0.15, 0.2) is 0 Å². The molecule has 0 N–H and O–H groups in total. The molecule has 0 unspecified atom stereocenters. The zero-order valence-electron chi connectivity index (χ0n) is 9.42. The van der Waals surface area contributed by atoms with E-state index in [0.717, 1.165) is 24.0 Å². The molecule has 0 radical (unpaired) electrons. The summed E-state index contributed by atoms with van der Waals surface area (Å²) >= 11 is 6.03. The standard InChI is InChI=1S/C12H14ClNO2/c1-9-6-12(16-2)11(13)7-10(9)4-3-5-14-8-15/h6-7H,3-5H2,1-2H3. The van der Waals surface area contributed by atoms with Gasteiger partial charge in [-0.3, -0.25) is 0 Å². The predicted octanol–water partition coefficient (Wildman–Crippen LogP) is 2.93. The van der Waals surface area contributed by atoms with Gasteiger partial charge in [0.1, 0.15) is 5.75 Å². The van der Waals surface area contributed by atoms with Crippen molar-refractivity contribution in [3.63, 3.8) is 0 Å². The van der Waals surface area contributed by atoms with Gasteiger partial charge in [0.25, 0.3) is 0 Å². The molecule has 1 aromatic rings. The molecular weight excluding hydrogens is 226 g/mol. The number of methoxy groups -OCH3 is 1. The van der Waals surface area contributed by atoms with Gasteiger partial charge in [0, 0.05) is 0 Å². The fraction of sp³-hybridized carbons (Fsp3) is 0.417. The van der Waals surface area contributed by atoms with Crippen molar-refractivity contribution in [1.82, 2.24) is 0 Å². The van der Waals surface area contributed by atoms with Crippen molar-refractivity contribution >= 4 is 17.7 Å². The van der Waals surface area contributed by atoms with E-state index in [2.05, 4.69) is 4.99 Å². The molecule has 0 amide bonds. The van der Waals surface area contributed by atoms with Gasteiger partial charge in [-0.1, -0.05) is 11.6 Å². The number of aliphatic imine (C=N–C) groups is 1. The lowest BCUT2D eigenvalue weighted by Gasteiger charge is -2.09. The van der Waals surface area contributed by atoms with Gasteiger partial charge in [-0.2, -0.15) is 0 Å². The number of ether oxygens (including phenoxy) is 1. The Morgan fingerprint density at radius 3 is 2.88 bits per heavy atom. The number of hydrogen-bond donors (Lipinski definition) is 0. The van der Waals surface area contributed by atoms with E-state index in [1.54, 1.807) is 7.11 Å². The summed E-state index contributed by atoms with van der Waals surface area (Å²) < 4.78 is 5.12. The molecule has 1 rings (SSSR count). The molecule has 0 bridgehead atoms. The van der Waals surface area contributed by atoms with Crippen LogP contribution >= 0.6 is 11.6 Å². The van der Waals surface area contributed by atoms with Crippen LogP contribution in [0.1, 0.15) is 17.5 Å². The van der Waals surface area contributed by atoms with Crippen molar-refractivity contribution in [3.8, 4) is 5.75 Å². The van der Waals surface area contributed by atoms with Gasteiger partial charge in [-0.15, -0.1) is 0 Å². The number of hydrogen-bond acceptors (Lipinski definition) is 3. The number of benzene rings is 1. The monoisotopic (exact) mass is 239 g/mol. The molecule has 1 aromatic carbocycles. The molecular formula is C12H14ClNO2. The van der Waals surface area contributed by atoms with E-state index < -0.39 is 0 Å². The van der Waals surface area contributed by atoms with E-state index in [9.17, 15) is 4.79 Å². The Morgan fingerprint density at radius 2 is 2.25 bits per heavy atom. The molecule has 3 nitrogen and oxygen atoms in total. The van der Waals surface area contributed by atoms with Crippen LogP contribution in [0.15, 0.2) is 17.1 Å². The lowest BCUT2D eigenvalue weighted by atomic mass is 10.0. The Hall–Kier alpha value is -1.31. The second-order valence-electron chi connectivity index (χ2n) is 3.49. The minimum absolute atomic E-state index is 0.507. The highest BCUT2D eigenvalue weighted by atomic mass is 35.5. The number of rotatable bonds is 5. The van der Waals surface area contributed by atoms with Crippen LogP contribution in [0.3, 0.4) is 0 Å². The lowest BCUT2D eigenvalue weighted by molar-refractivity contribution is 0.414. The minimum atomic E-state index is 0.507. The highest BCUT2D eigenvalue weighted by Crippen LogP contribution is 2.28. The lowest BCUT2D eigenvalue weighted by Crippen LogP contribution is -1.94. The second-order valence-corrected chi connectivity index (χ2v) is 3.90. The van der Waals surface area contributed by atoms with Crippen LogP contribution in [0, 0.1) is 6.92 Å². The van der Waals surface area contributed by atoms with Gasteiger partial charge in [0.05, 0.1) is 18.7 Å². The zero-order valence-corrected chi connectivity index (χ0v) is 10.2. The van der Waals surface area contributed by atoms with Crippen molar-refractivity contribution in [1.29, 1.82) is 0 Å². The van der Waals surface area contributed by atoms with Crippen LogP contribution in [0.5, 0.6) is 5.75 Å². The first kappa shape index (κ1) is 12.8. The number of halogens is 1. The van der Waals surface area contributed by atoms with E-state index in [-0.39, 0.29) is 0 Å². The summed E-state index contributed by atoms with van der Waals surface area (Å²) in [6, 6.07) is 3.82. The summed E-state index contributed by atoms with van der Waals surface area (Å²) in [7, 11) is 1.60. The molecule has 16 heavy (non-hydrogen) atoms. The highest BCUT2D eigenvalue weighted by molar-refractivity contribution is 6.32. The fourth-order valence-corrected chi connectivity index (χ4v) is 1.78. The SMILES string of the molecule is COc1cc(C)c(CCCN=C=O)cc1Cl. The Kier molecular flexibility index (Phi) is 5.03. The fourth-order valence-electron chi connectivity index (χ4n) is 1.52. The van der Waals surface area contributed by atoms with Crippen molar-refractivity contribution < 1.29 is 9.53 Å². The average molecular weight is 240 g/mol. The van der Waals surface area contributed by atoms with Crippen LogP contribution in [-0.4, -0.2) is 19.7 Å². The zero-order chi connectivity index (χ0) is 12.0. The maximum Gasteiger partial charge on any atom is 0.234 e. The summed E-state index contributed by atoms with van der Waals surface area (Å²) in [5.74, 6) is 0.689. The Labute approximate surface area is 100 Å². The molecule has 0 saturated heterocycles. The average Bonchev–Trinajstić information content (AvgIpc) is 2.28. The summed E-state index contributed by atoms with van der Waals surface area (Å²) in [6.07, 6.45) is 3.19. The van der Waals surface area contributed by atoms with Crippen LogP contribution < -0.4 is 4.74 Å². The number of isocyanates is 1. The van der Waals surface area contributed by atoms with E-state index in [1.165, 1.54) is 6.08 Å². The van der Waals surface area contributed by atoms with Gasteiger partial charge in [0.2, 0.25) is 6.08 Å².